The molecule has 0 atom stereocenters. The van der Waals surface area contributed by atoms with Crippen LogP contribution in [0.3, 0.4) is 0 Å². The Morgan fingerprint density at radius 2 is 2.06 bits per heavy atom. The number of benzene rings is 1. The van der Waals surface area contributed by atoms with E-state index < -0.39 is 0 Å². The first-order valence-corrected chi connectivity index (χ1v) is 6.55. The van der Waals surface area contributed by atoms with E-state index in [0.29, 0.717) is 6.54 Å². The van der Waals surface area contributed by atoms with Crippen molar-refractivity contribution in [1.82, 2.24) is 0 Å². The van der Waals surface area contributed by atoms with Crippen LogP contribution in [0.1, 0.15) is 17.1 Å². The minimum atomic E-state index is 0.0319. The number of anilines is 1. The molecule has 0 radical (unpaired) electrons. The molecule has 0 fully saturated rings. The van der Waals surface area contributed by atoms with Gasteiger partial charge in [0.2, 0.25) is 0 Å². The number of aliphatic hydroxyl groups excluding tert-OH is 1. The van der Waals surface area contributed by atoms with Crippen molar-refractivity contribution in [1.29, 1.82) is 0 Å². The van der Waals surface area contributed by atoms with E-state index >= 15 is 0 Å². The monoisotopic (exact) mass is 309 g/mol. The van der Waals surface area contributed by atoms with Crippen LogP contribution in [0.2, 0.25) is 0 Å². The van der Waals surface area contributed by atoms with Crippen molar-refractivity contribution in [3.8, 4) is 0 Å². The molecule has 0 aliphatic heterocycles. The van der Waals surface area contributed by atoms with Crippen LogP contribution < -0.4 is 4.90 Å². The van der Waals surface area contributed by atoms with Crippen LogP contribution in [0, 0.1) is 6.92 Å². The fraction of sp³-hybridized carbons (Fsp3) is 0.286. The Bertz CT molecular complexity index is 536. The van der Waals surface area contributed by atoms with Crippen LogP contribution in [0.15, 0.2) is 39.2 Å². The third-order valence-corrected chi connectivity index (χ3v) is 3.31. The lowest BCUT2D eigenvalue weighted by Gasteiger charge is -2.21. The first-order chi connectivity index (χ1) is 8.60. The molecule has 0 bridgehead atoms. The van der Waals surface area contributed by atoms with Crippen LogP contribution >= 0.6 is 15.9 Å². The molecule has 3 nitrogen and oxygen atoms in total. The van der Waals surface area contributed by atoms with Crippen LogP contribution in [-0.4, -0.2) is 12.2 Å². The van der Waals surface area contributed by atoms with Gasteiger partial charge in [-0.05, 0) is 31.2 Å². The molecule has 1 N–H and O–H groups in total. The molecule has 0 aliphatic rings. The fourth-order valence-corrected chi connectivity index (χ4v) is 2.26. The lowest BCUT2D eigenvalue weighted by atomic mass is 10.1. The summed E-state index contributed by atoms with van der Waals surface area (Å²) in [5, 5.41) is 9.36. The number of hydrogen-bond donors (Lipinski definition) is 1. The minimum Gasteiger partial charge on any atom is -0.464 e. The first-order valence-electron chi connectivity index (χ1n) is 5.76. The molecule has 0 unspecified atom stereocenters. The molecule has 0 saturated carbocycles. The van der Waals surface area contributed by atoms with Gasteiger partial charge in [0.15, 0.2) is 0 Å². The average Bonchev–Trinajstić information content (AvgIpc) is 2.74. The minimum absolute atomic E-state index is 0.0319. The second kappa shape index (κ2) is 5.59. The second-order valence-corrected chi connectivity index (χ2v) is 5.22. The summed E-state index contributed by atoms with van der Waals surface area (Å²) in [4.78, 5) is 2.06. The molecule has 4 heteroatoms. The molecular weight excluding hydrogens is 294 g/mol. The molecular formula is C14H16BrNO2. The van der Waals surface area contributed by atoms with Crippen molar-refractivity contribution < 1.29 is 9.52 Å². The maximum absolute atomic E-state index is 9.36. The van der Waals surface area contributed by atoms with E-state index in [0.717, 1.165) is 27.2 Å². The standard InChI is InChI=1S/C14H16BrNO2/c1-10-3-6-13(18-10)8-16(2)14-7-12(15)5-4-11(14)9-17/h3-7,17H,8-9H2,1-2H3. The van der Waals surface area contributed by atoms with E-state index in [1.807, 2.05) is 44.3 Å². The Labute approximate surface area is 115 Å². The van der Waals surface area contributed by atoms with E-state index in [1.165, 1.54) is 0 Å². The highest BCUT2D eigenvalue weighted by Crippen LogP contribution is 2.26. The number of hydrogen-bond acceptors (Lipinski definition) is 3. The highest BCUT2D eigenvalue weighted by Gasteiger charge is 2.10. The number of aryl methyl sites for hydroxylation is 1. The van der Waals surface area contributed by atoms with E-state index in [-0.39, 0.29) is 6.61 Å². The van der Waals surface area contributed by atoms with Gasteiger partial charge in [-0.25, -0.2) is 0 Å². The van der Waals surface area contributed by atoms with Crippen molar-refractivity contribution in [3.63, 3.8) is 0 Å². The van der Waals surface area contributed by atoms with Crippen molar-refractivity contribution >= 4 is 21.6 Å². The third-order valence-electron chi connectivity index (χ3n) is 2.82. The van der Waals surface area contributed by atoms with Gasteiger partial charge < -0.3 is 14.4 Å². The van der Waals surface area contributed by atoms with Gasteiger partial charge in [0.05, 0.1) is 13.2 Å². The third kappa shape index (κ3) is 2.94. The summed E-state index contributed by atoms with van der Waals surface area (Å²) in [6.45, 7) is 2.64. The molecule has 0 saturated heterocycles. The molecule has 1 aromatic carbocycles. The van der Waals surface area contributed by atoms with Crippen LogP contribution in [0.5, 0.6) is 0 Å². The quantitative estimate of drug-likeness (QED) is 0.939. The number of aliphatic hydroxyl groups is 1. The summed E-state index contributed by atoms with van der Waals surface area (Å²) in [5.74, 6) is 1.83. The zero-order chi connectivity index (χ0) is 13.1. The second-order valence-electron chi connectivity index (χ2n) is 4.30. The molecule has 0 spiro atoms. The number of rotatable bonds is 4. The van der Waals surface area contributed by atoms with Gasteiger partial charge in [-0.1, -0.05) is 22.0 Å². The molecule has 1 aromatic heterocycles. The Kier molecular flexibility index (Phi) is 4.09. The molecule has 0 aliphatic carbocycles. The topological polar surface area (TPSA) is 36.6 Å². The normalized spacial score (nSPS) is 10.7. The first kappa shape index (κ1) is 13.2. The van der Waals surface area contributed by atoms with E-state index in [9.17, 15) is 5.11 Å². The molecule has 18 heavy (non-hydrogen) atoms. The van der Waals surface area contributed by atoms with Gasteiger partial charge in [0, 0.05) is 22.8 Å². The molecule has 0 amide bonds. The van der Waals surface area contributed by atoms with E-state index in [2.05, 4.69) is 20.8 Å². The summed E-state index contributed by atoms with van der Waals surface area (Å²) >= 11 is 3.45. The van der Waals surface area contributed by atoms with Crippen LogP contribution in [0.25, 0.3) is 0 Å². The fourth-order valence-electron chi connectivity index (χ4n) is 1.92. The smallest absolute Gasteiger partial charge is 0.123 e. The molecule has 96 valence electrons. The van der Waals surface area contributed by atoms with Crippen molar-refractivity contribution in [2.24, 2.45) is 0 Å². The Balaban J connectivity index is 2.22. The van der Waals surface area contributed by atoms with Gasteiger partial charge in [0.1, 0.15) is 11.5 Å². The summed E-state index contributed by atoms with van der Waals surface area (Å²) in [5.41, 5.74) is 1.91. The number of nitrogens with zero attached hydrogens (tertiary/aromatic N) is 1. The predicted molar refractivity (Wildman–Crippen MR) is 75.6 cm³/mol. The maximum atomic E-state index is 9.36. The van der Waals surface area contributed by atoms with Gasteiger partial charge in [-0.3, -0.25) is 0 Å². The van der Waals surface area contributed by atoms with Crippen LogP contribution in [-0.2, 0) is 13.2 Å². The molecule has 2 aromatic rings. The number of halogens is 1. The lowest BCUT2D eigenvalue weighted by Crippen LogP contribution is -2.17. The highest BCUT2D eigenvalue weighted by molar-refractivity contribution is 9.10. The summed E-state index contributed by atoms with van der Waals surface area (Å²) in [6, 6.07) is 9.78. The van der Waals surface area contributed by atoms with E-state index in [1.54, 1.807) is 0 Å². The maximum Gasteiger partial charge on any atom is 0.123 e. The predicted octanol–water partition coefficient (Wildman–Crippen LogP) is 3.48. The summed E-state index contributed by atoms with van der Waals surface area (Å²) < 4.78 is 6.56. The molecule has 2 rings (SSSR count). The zero-order valence-corrected chi connectivity index (χ0v) is 12.1. The summed E-state index contributed by atoms with van der Waals surface area (Å²) in [7, 11) is 1.98. The SMILES string of the molecule is Cc1ccc(CN(C)c2cc(Br)ccc2CO)o1. The Hall–Kier alpha value is -1.26. The van der Waals surface area contributed by atoms with Gasteiger partial charge in [-0.15, -0.1) is 0 Å². The van der Waals surface area contributed by atoms with Gasteiger partial charge in [-0.2, -0.15) is 0 Å². The summed E-state index contributed by atoms with van der Waals surface area (Å²) in [6.07, 6.45) is 0. The lowest BCUT2D eigenvalue weighted by molar-refractivity contribution is 0.282. The van der Waals surface area contributed by atoms with Crippen LogP contribution in [0.4, 0.5) is 5.69 Å². The van der Waals surface area contributed by atoms with Crippen molar-refractivity contribution in [2.75, 3.05) is 11.9 Å². The highest BCUT2D eigenvalue weighted by atomic mass is 79.9. The van der Waals surface area contributed by atoms with E-state index in [4.69, 9.17) is 4.42 Å². The zero-order valence-electron chi connectivity index (χ0n) is 10.5. The van der Waals surface area contributed by atoms with Crippen molar-refractivity contribution in [2.45, 2.75) is 20.1 Å². The largest absolute Gasteiger partial charge is 0.464 e. The number of furan rings is 1. The molecule has 1 heterocycles. The Morgan fingerprint density at radius 3 is 2.67 bits per heavy atom. The average molecular weight is 310 g/mol. The van der Waals surface area contributed by atoms with Crippen molar-refractivity contribution in [3.05, 3.63) is 51.9 Å². The Morgan fingerprint density at radius 1 is 1.28 bits per heavy atom. The van der Waals surface area contributed by atoms with Gasteiger partial charge >= 0.3 is 0 Å². The van der Waals surface area contributed by atoms with Gasteiger partial charge in [0.25, 0.3) is 0 Å².